The first-order chi connectivity index (χ1) is 7.98. The van der Waals surface area contributed by atoms with Gasteiger partial charge < -0.3 is 0 Å². The van der Waals surface area contributed by atoms with E-state index in [4.69, 9.17) is 0 Å². The fraction of sp³-hybridized carbons (Fsp3) is 0.538. The van der Waals surface area contributed by atoms with Crippen molar-refractivity contribution >= 4 is 22.6 Å². The normalized spacial score (nSPS) is 20.5. The van der Waals surface area contributed by atoms with Crippen LogP contribution in [0, 0.1) is 10.5 Å². The van der Waals surface area contributed by atoms with Crippen LogP contribution in [0.4, 0.5) is 8.78 Å². The number of rotatable bonds is 2. The van der Waals surface area contributed by atoms with Crippen molar-refractivity contribution in [3.8, 4) is 0 Å². The first kappa shape index (κ1) is 13.2. The molecule has 0 unspecified atom stereocenters. The van der Waals surface area contributed by atoms with Gasteiger partial charge in [0.15, 0.2) is 0 Å². The summed E-state index contributed by atoms with van der Waals surface area (Å²) >= 11 is 2.30. The first-order valence-corrected chi connectivity index (χ1v) is 6.90. The molecule has 0 bridgehead atoms. The molecule has 2 rings (SSSR count). The predicted molar refractivity (Wildman–Crippen MR) is 73.4 cm³/mol. The molecule has 0 aliphatic carbocycles. The maximum absolute atomic E-state index is 13.3. The van der Waals surface area contributed by atoms with Crippen molar-refractivity contribution in [2.24, 2.45) is 0 Å². The molecule has 1 heterocycles. The Morgan fingerprint density at radius 3 is 2.88 bits per heavy atom. The molecule has 0 atom stereocenters. The Bertz CT molecular complexity index is 406. The minimum atomic E-state index is -2.51. The number of hydrogen-bond donors (Lipinski definition) is 0. The summed E-state index contributed by atoms with van der Waals surface area (Å²) in [5, 5.41) is 0. The molecular formula is C13H16F2IN. The Kier molecular flexibility index (Phi) is 4.02. The number of benzene rings is 1. The summed E-state index contributed by atoms with van der Waals surface area (Å²) in [5.74, 6) is -2.51. The van der Waals surface area contributed by atoms with Gasteiger partial charge in [-0.3, -0.25) is 4.90 Å². The highest BCUT2D eigenvalue weighted by Crippen LogP contribution is 2.28. The van der Waals surface area contributed by atoms with Crippen LogP contribution in [0.3, 0.4) is 0 Å². The van der Waals surface area contributed by atoms with Crippen LogP contribution in [0.1, 0.15) is 24.0 Å². The minimum absolute atomic E-state index is 0.0361. The largest absolute Gasteiger partial charge is 0.293 e. The third kappa shape index (κ3) is 3.37. The molecule has 0 amide bonds. The Balaban J connectivity index is 2.08. The Morgan fingerprint density at radius 1 is 1.41 bits per heavy atom. The van der Waals surface area contributed by atoms with Crippen LogP contribution in [-0.2, 0) is 6.54 Å². The Morgan fingerprint density at radius 2 is 2.18 bits per heavy atom. The summed E-state index contributed by atoms with van der Waals surface area (Å²) < 4.78 is 27.8. The topological polar surface area (TPSA) is 3.24 Å². The zero-order valence-corrected chi connectivity index (χ0v) is 12.0. The van der Waals surface area contributed by atoms with Crippen molar-refractivity contribution in [2.75, 3.05) is 13.1 Å². The lowest BCUT2D eigenvalue weighted by Gasteiger charge is -2.32. The van der Waals surface area contributed by atoms with E-state index in [0.29, 0.717) is 13.0 Å². The second-order valence-corrected chi connectivity index (χ2v) is 5.80. The second kappa shape index (κ2) is 5.18. The smallest absolute Gasteiger partial charge is 0.260 e. The Labute approximate surface area is 114 Å². The molecule has 0 N–H and O–H groups in total. The molecule has 1 fully saturated rings. The van der Waals surface area contributed by atoms with Gasteiger partial charge in [0.2, 0.25) is 0 Å². The monoisotopic (exact) mass is 351 g/mol. The highest BCUT2D eigenvalue weighted by molar-refractivity contribution is 14.1. The van der Waals surface area contributed by atoms with Crippen LogP contribution in [-0.4, -0.2) is 23.9 Å². The van der Waals surface area contributed by atoms with Crippen molar-refractivity contribution in [1.29, 1.82) is 0 Å². The van der Waals surface area contributed by atoms with Gasteiger partial charge >= 0.3 is 0 Å². The third-order valence-corrected chi connectivity index (χ3v) is 4.68. The van der Waals surface area contributed by atoms with Crippen LogP contribution in [0.15, 0.2) is 18.2 Å². The lowest BCUT2D eigenvalue weighted by atomic mass is 10.1. The van der Waals surface area contributed by atoms with Gasteiger partial charge in [0, 0.05) is 16.5 Å². The molecule has 4 heteroatoms. The van der Waals surface area contributed by atoms with E-state index in [1.807, 2.05) is 17.0 Å². The number of hydrogen-bond acceptors (Lipinski definition) is 1. The van der Waals surface area contributed by atoms with E-state index >= 15 is 0 Å². The molecule has 0 radical (unpaired) electrons. The zero-order chi connectivity index (χ0) is 12.5. The molecule has 1 aromatic rings. The fourth-order valence-corrected chi connectivity index (χ4v) is 2.78. The average Bonchev–Trinajstić information content (AvgIpc) is 2.23. The van der Waals surface area contributed by atoms with Gasteiger partial charge in [-0.1, -0.05) is 18.2 Å². The molecule has 94 valence electrons. The highest BCUT2D eigenvalue weighted by Gasteiger charge is 2.35. The lowest BCUT2D eigenvalue weighted by Crippen LogP contribution is -2.42. The van der Waals surface area contributed by atoms with Gasteiger partial charge in [0.1, 0.15) is 0 Å². The first-order valence-electron chi connectivity index (χ1n) is 5.82. The summed E-state index contributed by atoms with van der Waals surface area (Å²) in [6.07, 6.45) is 0.629. The van der Waals surface area contributed by atoms with Gasteiger partial charge in [-0.05, 0) is 53.6 Å². The summed E-state index contributed by atoms with van der Waals surface area (Å²) in [7, 11) is 0. The number of nitrogens with zero attached hydrogens (tertiary/aromatic N) is 1. The van der Waals surface area contributed by atoms with E-state index in [1.54, 1.807) is 0 Å². The highest BCUT2D eigenvalue weighted by atomic mass is 127. The molecule has 1 aromatic carbocycles. The van der Waals surface area contributed by atoms with E-state index < -0.39 is 5.92 Å². The molecule has 0 aromatic heterocycles. The molecule has 1 aliphatic rings. The van der Waals surface area contributed by atoms with Gasteiger partial charge in [-0.25, -0.2) is 8.78 Å². The van der Waals surface area contributed by atoms with Gasteiger partial charge in [-0.15, -0.1) is 0 Å². The quantitative estimate of drug-likeness (QED) is 0.732. The number of alkyl halides is 2. The molecule has 1 nitrogen and oxygen atoms in total. The van der Waals surface area contributed by atoms with E-state index in [0.717, 1.165) is 12.1 Å². The Hall–Kier alpha value is -0.230. The van der Waals surface area contributed by atoms with Crippen molar-refractivity contribution < 1.29 is 8.78 Å². The van der Waals surface area contributed by atoms with Crippen molar-refractivity contribution in [2.45, 2.75) is 32.2 Å². The predicted octanol–water partition coefficient (Wildman–Crippen LogP) is 3.83. The standard InChI is InChI=1S/C13H16F2IN/c1-10-4-2-5-11(12(10)16)8-17-7-3-6-13(14,15)9-17/h2,4-5H,3,6-9H2,1H3. The number of likely N-dealkylation sites (tertiary alicyclic amines) is 1. The van der Waals surface area contributed by atoms with Crippen molar-refractivity contribution in [3.05, 3.63) is 32.9 Å². The van der Waals surface area contributed by atoms with E-state index in [2.05, 4.69) is 35.6 Å². The summed E-state index contributed by atoms with van der Waals surface area (Å²) in [6, 6.07) is 6.08. The molecule has 1 saturated heterocycles. The van der Waals surface area contributed by atoms with Crippen LogP contribution in [0.5, 0.6) is 0 Å². The summed E-state index contributed by atoms with van der Waals surface area (Å²) in [4.78, 5) is 1.86. The summed E-state index contributed by atoms with van der Waals surface area (Å²) in [6.45, 7) is 3.36. The maximum Gasteiger partial charge on any atom is 0.260 e. The fourth-order valence-electron chi connectivity index (χ4n) is 2.25. The SMILES string of the molecule is Cc1cccc(CN2CCCC(F)(F)C2)c1I. The van der Waals surface area contributed by atoms with Crippen LogP contribution < -0.4 is 0 Å². The summed E-state index contributed by atoms with van der Waals surface area (Å²) in [5.41, 5.74) is 2.37. The zero-order valence-electron chi connectivity index (χ0n) is 9.85. The van der Waals surface area contributed by atoms with Gasteiger partial charge in [0.05, 0.1) is 6.54 Å². The van der Waals surface area contributed by atoms with Crippen molar-refractivity contribution in [3.63, 3.8) is 0 Å². The molecule has 1 aliphatic heterocycles. The second-order valence-electron chi connectivity index (χ2n) is 4.72. The van der Waals surface area contributed by atoms with Crippen LogP contribution in [0.2, 0.25) is 0 Å². The average molecular weight is 351 g/mol. The lowest BCUT2D eigenvalue weighted by molar-refractivity contribution is -0.0661. The number of aryl methyl sites for hydroxylation is 1. The molecule has 17 heavy (non-hydrogen) atoms. The van der Waals surface area contributed by atoms with Crippen LogP contribution in [0.25, 0.3) is 0 Å². The number of halogens is 3. The van der Waals surface area contributed by atoms with Gasteiger partial charge in [-0.2, -0.15) is 0 Å². The van der Waals surface area contributed by atoms with Crippen LogP contribution >= 0.6 is 22.6 Å². The van der Waals surface area contributed by atoms with E-state index in [9.17, 15) is 8.78 Å². The maximum atomic E-state index is 13.3. The minimum Gasteiger partial charge on any atom is -0.293 e. The van der Waals surface area contributed by atoms with Gasteiger partial charge in [0.25, 0.3) is 5.92 Å². The number of piperidine rings is 1. The van der Waals surface area contributed by atoms with Crippen molar-refractivity contribution in [1.82, 2.24) is 4.90 Å². The van der Waals surface area contributed by atoms with E-state index in [-0.39, 0.29) is 13.0 Å². The molecular weight excluding hydrogens is 335 g/mol. The van der Waals surface area contributed by atoms with E-state index in [1.165, 1.54) is 9.13 Å². The third-order valence-electron chi connectivity index (χ3n) is 3.14. The molecule has 0 saturated carbocycles. The molecule has 0 spiro atoms.